The van der Waals surface area contributed by atoms with Crippen molar-refractivity contribution in [3.8, 4) is 5.75 Å². The average Bonchev–Trinajstić information content (AvgIpc) is 2.91. The molecule has 2 rings (SSSR count). The molecule has 1 aromatic carbocycles. The average molecular weight is 298 g/mol. The minimum atomic E-state index is -2.80. The molecular weight excluding hydrogens is 282 g/mol. The zero-order valence-electron chi connectivity index (χ0n) is 11.1. The van der Waals surface area contributed by atoms with Crippen LogP contribution in [-0.4, -0.2) is 18.1 Å². The highest BCUT2D eigenvalue weighted by Gasteiger charge is 2.14. The lowest BCUT2D eigenvalue weighted by Gasteiger charge is -2.18. The molecule has 1 unspecified atom stereocenters. The van der Waals surface area contributed by atoms with Crippen molar-refractivity contribution in [1.82, 2.24) is 10.3 Å². The Kier molecular flexibility index (Phi) is 5.43. The summed E-state index contributed by atoms with van der Waals surface area (Å²) in [7, 11) is 0. The number of thiazole rings is 1. The van der Waals surface area contributed by atoms with E-state index < -0.39 is 6.61 Å². The number of hydrogen-bond donors (Lipinski definition) is 1. The predicted octanol–water partition coefficient (Wildman–Crippen LogP) is 3.64. The molecule has 1 atom stereocenters. The molecule has 0 fully saturated rings. The van der Waals surface area contributed by atoms with E-state index in [1.807, 2.05) is 18.4 Å². The van der Waals surface area contributed by atoms with Crippen LogP contribution in [0, 0.1) is 0 Å². The van der Waals surface area contributed by atoms with Crippen LogP contribution in [0.5, 0.6) is 5.75 Å². The maximum absolute atomic E-state index is 12.3. The van der Waals surface area contributed by atoms with E-state index in [-0.39, 0.29) is 11.8 Å². The number of halogens is 2. The van der Waals surface area contributed by atoms with Crippen LogP contribution in [0.25, 0.3) is 0 Å². The second-order valence-corrected chi connectivity index (χ2v) is 5.17. The summed E-state index contributed by atoms with van der Waals surface area (Å²) in [5.74, 6) is 0.180. The SMILES string of the molecule is CCNC(Cc1nccs1)c1cccc(OC(F)F)c1. The molecule has 2 aromatic rings. The van der Waals surface area contributed by atoms with Crippen molar-refractivity contribution in [3.05, 3.63) is 46.4 Å². The van der Waals surface area contributed by atoms with Crippen LogP contribution < -0.4 is 10.1 Å². The van der Waals surface area contributed by atoms with Gasteiger partial charge in [0, 0.05) is 24.0 Å². The third kappa shape index (κ3) is 4.25. The normalized spacial score (nSPS) is 12.6. The Morgan fingerprint density at radius 3 is 2.90 bits per heavy atom. The van der Waals surface area contributed by atoms with Crippen LogP contribution in [0.4, 0.5) is 8.78 Å². The van der Waals surface area contributed by atoms with Crippen molar-refractivity contribution < 1.29 is 13.5 Å². The molecule has 20 heavy (non-hydrogen) atoms. The van der Waals surface area contributed by atoms with Crippen molar-refractivity contribution in [1.29, 1.82) is 0 Å². The highest BCUT2D eigenvalue weighted by Crippen LogP contribution is 2.24. The van der Waals surface area contributed by atoms with Crippen molar-refractivity contribution in [2.45, 2.75) is 26.0 Å². The highest BCUT2D eigenvalue weighted by molar-refractivity contribution is 7.09. The minimum Gasteiger partial charge on any atom is -0.435 e. The van der Waals surface area contributed by atoms with Crippen LogP contribution in [-0.2, 0) is 6.42 Å². The fourth-order valence-corrected chi connectivity index (χ4v) is 2.65. The fraction of sp³-hybridized carbons (Fsp3) is 0.357. The first-order valence-corrected chi connectivity index (χ1v) is 7.23. The molecule has 1 N–H and O–H groups in total. The smallest absolute Gasteiger partial charge is 0.387 e. The zero-order chi connectivity index (χ0) is 14.4. The third-order valence-corrected chi connectivity index (χ3v) is 3.60. The maximum Gasteiger partial charge on any atom is 0.387 e. The van der Waals surface area contributed by atoms with Crippen LogP contribution >= 0.6 is 11.3 Å². The number of alkyl halides is 2. The second-order valence-electron chi connectivity index (χ2n) is 4.19. The van der Waals surface area contributed by atoms with Gasteiger partial charge < -0.3 is 10.1 Å². The minimum absolute atomic E-state index is 0.0346. The number of aromatic nitrogens is 1. The van der Waals surface area contributed by atoms with Crippen molar-refractivity contribution in [2.24, 2.45) is 0 Å². The summed E-state index contributed by atoms with van der Waals surface area (Å²) >= 11 is 1.58. The van der Waals surface area contributed by atoms with E-state index in [0.717, 1.165) is 23.5 Å². The van der Waals surface area contributed by atoms with Crippen LogP contribution in [0.1, 0.15) is 23.5 Å². The van der Waals surface area contributed by atoms with Gasteiger partial charge in [-0.3, -0.25) is 0 Å². The number of hydrogen-bond acceptors (Lipinski definition) is 4. The Hall–Kier alpha value is -1.53. The van der Waals surface area contributed by atoms with Crippen LogP contribution in [0.15, 0.2) is 35.8 Å². The van der Waals surface area contributed by atoms with Gasteiger partial charge in [0.15, 0.2) is 0 Å². The van der Waals surface area contributed by atoms with Crippen molar-refractivity contribution >= 4 is 11.3 Å². The van der Waals surface area contributed by atoms with Crippen molar-refractivity contribution in [2.75, 3.05) is 6.54 Å². The van der Waals surface area contributed by atoms with Gasteiger partial charge in [-0.05, 0) is 24.2 Å². The molecule has 0 saturated heterocycles. The molecule has 0 radical (unpaired) electrons. The molecular formula is C14H16F2N2OS. The number of likely N-dealkylation sites (N-methyl/N-ethyl adjacent to an activating group) is 1. The first-order valence-electron chi connectivity index (χ1n) is 6.35. The molecule has 0 aliphatic heterocycles. The number of nitrogens with zero attached hydrogens (tertiary/aromatic N) is 1. The monoisotopic (exact) mass is 298 g/mol. The van der Waals surface area contributed by atoms with Gasteiger partial charge in [0.1, 0.15) is 5.75 Å². The summed E-state index contributed by atoms with van der Waals surface area (Å²) in [6, 6.07) is 6.83. The Morgan fingerprint density at radius 1 is 1.40 bits per heavy atom. The van der Waals surface area contributed by atoms with E-state index in [4.69, 9.17) is 0 Å². The van der Waals surface area contributed by atoms with E-state index in [1.165, 1.54) is 6.07 Å². The number of benzene rings is 1. The molecule has 0 bridgehead atoms. The quantitative estimate of drug-likeness (QED) is 0.847. The maximum atomic E-state index is 12.3. The second kappa shape index (κ2) is 7.31. The van der Waals surface area contributed by atoms with Crippen LogP contribution in [0.3, 0.4) is 0 Å². The Bertz CT molecular complexity index is 520. The molecule has 0 aliphatic carbocycles. The Morgan fingerprint density at radius 2 is 2.25 bits per heavy atom. The van der Waals surface area contributed by atoms with Gasteiger partial charge in [0.2, 0.25) is 0 Å². The Labute approximate surface area is 120 Å². The molecule has 0 aliphatic rings. The zero-order valence-corrected chi connectivity index (χ0v) is 11.9. The van der Waals surface area contributed by atoms with Gasteiger partial charge >= 0.3 is 6.61 Å². The van der Waals surface area contributed by atoms with E-state index in [1.54, 1.807) is 29.7 Å². The summed E-state index contributed by atoms with van der Waals surface area (Å²) in [4.78, 5) is 4.26. The summed E-state index contributed by atoms with van der Waals surface area (Å²) in [5, 5.41) is 6.28. The number of rotatable bonds is 7. The fourth-order valence-electron chi connectivity index (χ4n) is 1.99. The molecule has 0 saturated carbocycles. The molecule has 0 amide bonds. The largest absolute Gasteiger partial charge is 0.435 e. The van der Waals surface area contributed by atoms with Gasteiger partial charge in [0.05, 0.1) is 5.01 Å². The van der Waals surface area contributed by atoms with E-state index in [2.05, 4.69) is 15.0 Å². The topological polar surface area (TPSA) is 34.2 Å². The molecule has 1 heterocycles. The lowest BCUT2D eigenvalue weighted by atomic mass is 10.0. The third-order valence-electron chi connectivity index (χ3n) is 2.80. The highest BCUT2D eigenvalue weighted by atomic mass is 32.1. The summed E-state index contributed by atoms with van der Waals surface area (Å²) in [6.07, 6.45) is 2.49. The molecule has 6 heteroatoms. The molecule has 108 valence electrons. The summed E-state index contributed by atoms with van der Waals surface area (Å²) < 4.78 is 29.0. The molecule has 3 nitrogen and oxygen atoms in total. The number of nitrogens with one attached hydrogen (secondary N) is 1. The molecule has 1 aromatic heterocycles. The van der Waals surface area contributed by atoms with E-state index >= 15 is 0 Å². The van der Waals surface area contributed by atoms with E-state index in [9.17, 15) is 8.78 Å². The lowest BCUT2D eigenvalue weighted by molar-refractivity contribution is -0.0499. The standard InChI is InChI=1S/C14H16F2N2OS/c1-2-17-12(9-13-18-6-7-20-13)10-4-3-5-11(8-10)19-14(15)16/h3-8,12,14,17H,2,9H2,1H3. The predicted molar refractivity (Wildman–Crippen MR) is 75.3 cm³/mol. The van der Waals surface area contributed by atoms with Gasteiger partial charge in [-0.1, -0.05) is 19.1 Å². The van der Waals surface area contributed by atoms with Gasteiger partial charge in [0.25, 0.3) is 0 Å². The van der Waals surface area contributed by atoms with Crippen molar-refractivity contribution in [3.63, 3.8) is 0 Å². The summed E-state index contributed by atoms with van der Waals surface area (Å²) in [5.41, 5.74) is 0.917. The van der Waals surface area contributed by atoms with Gasteiger partial charge in [-0.2, -0.15) is 8.78 Å². The first kappa shape index (κ1) is 14.9. The Balaban J connectivity index is 2.15. The lowest BCUT2D eigenvalue weighted by Crippen LogP contribution is -2.23. The van der Waals surface area contributed by atoms with Gasteiger partial charge in [-0.25, -0.2) is 4.98 Å². The van der Waals surface area contributed by atoms with E-state index in [0.29, 0.717) is 0 Å². The molecule has 0 spiro atoms. The number of ether oxygens (including phenoxy) is 1. The van der Waals surface area contributed by atoms with Crippen LogP contribution in [0.2, 0.25) is 0 Å². The van der Waals surface area contributed by atoms with Gasteiger partial charge in [-0.15, -0.1) is 11.3 Å². The first-order chi connectivity index (χ1) is 9.69. The summed E-state index contributed by atoms with van der Waals surface area (Å²) in [6.45, 7) is -0.00793.